The summed E-state index contributed by atoms with van der Waals surface area (Å²) in [5.41, 5.74) is 4.22. The summed E-state index contributed by atoms with van der Waals surface area (Å²) in [6.07, 6.45) is 3.57. The van der Waals surface area contributed by atoms with Gasteiger partial charge < -0.3 is 0 Å². The summed E-state index contributed by atoms with van der Waals surface area (Å²) in [7, 11) is 0. The molecule has 0 aromatic rings. The Morgan fingerprint density at radius 3 is 2.00 bits per heavy atom. The maximum atomic E-state index is 3.99. The molecule has 0 heteroatoms. The van der Waals surface area contributed by atoms with Gasteiger partial charge in [-0.25, -0.2) is 0 Å². The Morgan fingerprint density at radius 2 is 1.73 bits per heavy atom. The van der Waals surface area contributed by atoms with E-state index in [9.17, 15) is 0 Å². The lowest BCUT2D eigenvalue weighted by Crippen LogP contribution is -1.89. The van der Waals surface area contributed by atoms with Gasteiger partial charge in [-0.15, -0.1) is 0 Å². The average molecular weight is 152 g/mol. The third-order valence-electron chi connectivity index (χ3n) is 2.06. The van der Waals surface area contributed by atoms with Gasteiger partial charge in [-0.05, 0) is 32.3 Å². The van der Waals surface area contributed by atoms with Crippen LogP contribution in [0.2, 0.25) is 0 Å². The van der Waals surface area contributed by atoms with Crippen LogP contribution in [0, 0.1) is 0 Å². The number of rotatable bonds is 4. The lowest BCUT2D eigenvalue weighted by Gasteiger charge is -2.09. The minimum atomic E-state index is 1.15. The minimum Gasteiger partial charge on any atom is -0.0958 e. The third kappa shape index (κ3) is 3.41. The molecule has 0 unspecified atom stereocenters. The van der Waals surface area contributed by atoms with E-state index in [4.69, 9.17) is 0 Å². The van der Waals surface area contributed by atoms with Crippen molar-refractivity contribution in [3.8, 4) is 0 Å². The smallest absolute Gasteiger partial charge is 0.0280 e. The van der Waals surface area contributed by atoms with Crippen molar-refractivity contribution in [2.45, 2.75) is 47.0 Å². The molecular weight excluding hydrogens is 132 g/mol. The zero-order valence-corrected chi connectivity index (χ0v) is 8.33. The molecule has 0 aromatic heterocycles. The zero-order chi connectivity index (χ0) is 8.85. The van der Waals surface area contributed by atoms with Gasteiger partial charge in [0.2, 0.25) is 0 Å². The second kappa shape index (κ2) is 5.17. The van der Waals surface area contributed by atoms with Gasteiger partial charge in [0.25, 0.3) is 0 Å². The van der Waals surface area contributed by atoms with Gasteiger partial charge in [-0.1, -0.05) is 38.0 Å². The lowest BCUT2D eigenvalue weighted by atomic mass is 9.97. The molecule has 11 heavy (non-hydrogen) atoms. The topological polar surface area (TPSA) is 0 Å². The van der Waals surface area contributed by atoms with E-state index in [2.05, 4.69) is 34.3 Å². The standard InChI is InChI=1S/C11H20/c1-6-8-11(9(3)4)10(5)7-2/h3,6-8H2,1-2,4-5H3/b11-10+. The summed E-state index contributed by atoms with van der Waals surface area (Å²) in [4.78, 5) is 0. The first-order valence-corrected chi connectivity index (χ1v) is 4.47. The molecule has 0 aliphatic heterocycles. The Bertz CT molecular complexity index is 161. The zero-order valence-electron chi connectivity index (χ0n) is 8.33. The maximum Gasteiger partial charge on any atom is -0.0280 e. The van der Waals surface area contributed by atoms with Crippen LogP contribution in [0.1, 0.15) is 47.0 Å². The molecule has 0 nitrogen and oxygen atoms in total. The highest BCUT2D eigenvalue weighted by Gasteiger charge is 1.99. The summed E-state index contributed by atoms with van der Waals surface area (Å²) in [6.45, 7) is 12.7. The van der Waals surface area contributed by atoms with Gasteiger partial charge >= 0.3 is 0 Å². The van der Waals surface area contributed by atoms with E-state index in [1.165, 1.54) is 29.6 Å². The second-order valence-electron chi connectivity index (χ2n) is 3.14. The molecule has 0 aliphatic rings. The molecule has 0 aromatic carbocycles. The fraction of sp³-hybridized carbons (Fsp3) is 0.636. The van der Waals surface area contributed by atoms with Crippen LogP contribution in [0.5, 0.6) is 0 Å². The Labute approximate surface area is 71.0 Å². The van der Waals surface area contributed by atoms with Gasteiger partial charge in [-0.2, -0.15) is 0 Å². The van der Waals surface area contributed by atoms with Crippen molar-refractivity contribution < 1.29 is 0 Å². The summed E-state index contributed by atoms with van der Waals surface area (Å²) in [5, 5.41) is 0. The fourth-order valence-electron chi connectivity index (χ4n) is 1.25. The molecule has 0 bridgehead atoms. The maximum absolute atomic E-state index is 3.99. The Hall–Kier alpha value is -0.520. The Balaban J connectivity index is 4.43. The Morgan fingerprint density at radius 1 is 1.18 bits per heavy atom. The normalized spacial score (nSPS) is 12.7. The van der Waals surface area contributed by atoms with Crippen molar-refractivity contribution >= 4 is 0 Å². The molecule has 0 amide bonds. The van der Waals surface area contributed by atoms with E-state index in [-0.39, 0.29) is 0 Å². The number of hydrogen-bond acceptors (Lipinski definition) is 0. The molecular formula is C11H20. The van der Waals surface area contributed by atoms with Crippen molar-refractivity contribution in [3.63, 3.8) is 0 Å². The van der Waals surface area contributed by atoms with Gasteiger partial charge in [0.15, 0.2) is 0 Å². The molecule has 0 N–H and O–H groups in total. The number of hydrogen-bond donors (Lipinski definition) is 0. The van der Waals surface area contributed by atoms with Crippen LogP contribution >= 0.6 is 0 Å². The van der Waals surface area contributed by atoms with E-state index in [0.717, 1.165) is 6.42 Å². The van der Waals surface area contributed by atoms with Crippen LogP contribution < -0.4 is 0 Å². The monoisotopic (exact) mass is 152 g/mol. The SMILES string of the molecule is C=C(C)/C(CCC)=C(\C)CC. The summed E-state index contributed by atoms with van der Waals surface area (Å²) >= 11 is 0. The molecule has 0 fully saturated rings. The van der Waals surface area contributed by atoms with Crippen LogP contribution in [0.15, 0.2) is 23.3 Å². The molecule has 0 rings (SSSR count). The lowest BCUT2D eigenvalue weighted by molar-refractivity contribution is 0.882. The molecule has 0 aliphatic carbocycles. The summed E-state index contributed by atoms with van der Waals surface area (Å²) in [5.74, 6) is 0. The third-order valence-corrected chi connectivity index (χ3v) is 2.06. The average Bonchev–Trinajstić information content (AvgIpc) is 1.98. The molecule has 0 atom stereocenters. The highest BCUT2D eigenvalue weighted by atomic mass is 14.1. The van der Waals surface area contributed by atoms with E-state index in [1.807, 2.05) is 0 Å². The van der Waals surface area contributed by atoms with Crippen molar-refractivity contribution in [2.24, 2.45) is 0 Å². The largest absolute Gasteiger partial charge is 0.0958 e. The van der Waals surface area contributed by atoms with Crippen molar-refractivity contribution in [1.82, 2.24) is 0 Å². The van der Waals surface area contributed by atoms with E-state index >= 15 is 0 Å². The van der Waals surface area contributed by atoms with E-state index < -0.39 is 0 Å². The molecule has 64 valence electrons. The van der Waals surface area contributed by atoms with Crippen molar-refractivity contribution in [3.05, 3.63) is 23.3 Å². The molecule has 0 radical (unpaired) electrons. The summed E-state index contributed by atoms with van der Waals surface area (Å²) in [6, 6.07) is 0. The van der Waals surface area contributed by atoms with Crippen LogP contribution in [-0.4, -0.2) is 0 Å². The highest BCUT2D eigenvalue weighted by molar-refractivity contribution is 5.30. The Kier molecular flexibility index (Phi) is 4.93. The first-order valence-electron chi connectivity index (χ1n) is 4.47. The molecule has 0 saturated carbocycles. The predicted octanol–water partition coefficient (Wildman–Crippen LogP) is 4.09. The van der Waals surface area contributed by atoms with Gasteiger partial charge in [0.05, 0.1) is 0 Å². The molecule has 0 heterocycles. The van der Waals surface area contributed by atoms with Crippen molar-refractivity contribution in [1.29, 1.82) is 0 Å². The first-order chi connectivity index (χ1) is 5.13. The minimum absolute atomic E-state index is 1.15. The second-order valence-corrected chi connectivity index (χ2v) is 3.14. The fourth-order valence-corrected chi connectivity index (χ4v) is 1.25. The van der Waals surface area contributed by atoms with E-state index in [1.54, 1.807) is 0 Å². The van der Waals surface area contributed by atoms with Crippen LogP contribution in [0.4, 0.5) is 0 Å². The first kappa shape index (κ1) is 10.5. The van der Waals surface area contributed by atoms with Gasteiger partial charge in [-0.3, -0.25) is 0 Å². The van der Waals surface area contributed by atoms with Crippen molar-refractivity contribution in [2.75, 3.05) is 0 Å². The predicted molar refractivity (Wildman–Crippen MR) is 52.7 cm³/mol. The van der Waals surface area contributed by atoms with E-state index in [0.29, 0.717) is 0 Å². The quantitative estimate of drug-likeness (QED) is 0.532. The number of allylic oxidation sites excluding steroid dienone is 3. The molecule has 0 spiro atoms. The van der Waals surface area contributed by atoms with Crippen LogP contribution in [0.25, 0.3) is 0 Å². The molecule has 0 saturated heterocycles. The summed E-state index contributed by atoms with van der Waals surface area (Å²) < 4.78 is 0. The van der Waals surface area contributed by atoms with Gasteiger partial charge in [0, 0.05) is 0 Å². The van der Waals surface area contributed by atoms with Crippen LogP contribution in [-0.2, 0) is 0 Å². The highest BCUT2D eigenvalue weighted by Crippen LogP contribution is 2.20. The van der Waals surface area contributed by atoms with Gasteiger partial charge in [0.1, 0.15) is 0 Å². The van der Waals surface area contributed by atoms with Crippen LogP contribution in [0.3, 0.4) is 0 Å².